The molecular weight excluding hydrogens is 571 g/mol. The largest absolute Gasteiger partial charge is 0.344 e. The van der Waals surface area contributed by atoms with Gasteiger partial charge in [-0.1, -0.05) is 91.9 Å². The zero-order valence-corrected chi connectivity index (χ0v) is 27.1. The van der Waals surface area contributed by atoms with E-state index in [1.165, 1.54) is 82.9 Å². The topological polar surface area (TPSA) is 13.1 Å². The first kappa shape index (κ1) is 27.7. The number of rotatable bonds is 3. The number of hydrogen-bond acceptors (Lipinski definition) is 1. The molecule has 9 rings (SSSR count). The highest BCUT2D eigenvalue weighted by Crippen LogP contribution is 2.43. The number of aryl methyl sites for hydroxylation is 1. The Hall–Kier alpha value is -5.54. The summed E-state index contributed by atoms with van der Waals surface area (Å²) in [6.07, 6.45) is 14.6. The van der Waals surface area contributed by atoms with Crippen LogP contribution in [0, 0.1) is 0 Å². The van der Waals surface area contributed by atoms with Crippen molar-refractivity contribution in [1.82, 2.24) is 9.13 Å². The third-order valence-corrected chi connectivity index (χ3v) is 10.3. The molecule has 0 bridgehead atoms. The van der Waals surface area contributed by atoms with Crippen molar-refractivity contribution in [1.29, 1.82) is 0 Å². The Morgan fingerprint density at radius 2 is 1.36 bits per heavy atom. The SMILES string of the molecule is CC1=CC=C1n1c2ccc(-c3ccccc3)cc2c2cc3c(cc21)c1cc(N2C/C=C\C/C=C\C(C)c4ccccc42)ccc1n3C. The lowest BCUT2D eigenvalue weighted by Gasteiger charge is -2.28. The van der Waals surface area contributed by atoms with Gasteiger partial charge in [0.15, 0.2) is 0 Å². The van der Waals surface area contributed by atoms with E-state index in [2.05, 4.69) is 175 Å². The van der Waals surface area contributed by atoms with Crippen molar-refractivity contribution in [2.24, 2.45) is 7.05 Å². The maximum Gasteiger partial charge on any atom is 0.0548 e. The van der Waals surface area contributed by atoms with Crippen LogP contribution in [-0.4, -0.2) is 15.7 Å². The molecule has 3 heteroatoms. The molecule has 47 heavy (non-hydrogen) atoms. The van der Waals surface area contributed by atoms with E-state index in [-0.39, 0.29) is 0 Å². The fourth-order valence-electron chi connectivity index (χ4n) is 7.72. The molecule has 0 radical (unpaired) electrons. The van der Waals surface area contributed by atoms with Gasteiger partial charge in [0.2, 0.25) is 0 Å². The summed E-state index contributed by atoms with van der Waals surface area (Å²) in [6, 6.07) is 38.4. The number of aromatic nitrogens is 2. The van der Waals surface area contributed by atoms with E-state index < -0.39 is 0 Å². The fraction of sp³-hybridized carbons (Fsp3) is 0.136. The lowest BCUT2D eigenvalue weighted by Crippen LogP contribution is -2.19. The van der Waals surface area contributed by atoms with Crippen molar-refractivity contribution in [3.63, 3.8) is 0 Å². The van der Waals surface area contributed by atoms with Gasteiger partial charge < -0.3 is 14.0 Å². The van der Waals surface area contributed by atoms with Crippen LogP contribution in [0.3, 0.4) is 0 Å². The van der Waals surface area contributed by atoms with Crippen LogP contribution in [0.5, 0.6) is 0 Å². The third kappa shape index (κ3) is 4.34. The number of anilines is 2. The monoisotopic (exact) mass is 607 g/mol. The van der Waals surface area contributed by atoms with Crippen molar-refractivity contribution in [3.05, 3.63) is 151 Å². The number of hydrogen-bond donors (Lipinski definition) is 0. The standard InChI is InChI=1S/C44H37N3/c1-29-13-7-4-5-12-24-46(41-17-11-10-16-34(29)41)33-20-23-40-36(26-33)37-28-44-38(27-43(37)45(40)3)35-25-32(31-14-8-6-9-15-31)19-22-42(35)47(44)39-21-18-30(39)2/h5-23,25-29H,4,24H2,1-3H3/b12-5-,13-7-. The van der Waals surface area contributed by atoms with Crippen LogP contribution < -0.4 is 4.90 Å². The lowest BCUT2D eigenvalue weighted by atomic mass is 9.96. The summed E-state index contributed by atoms with van der Waals surface area (Å²) < 4.78 is 4.84. The molecule has 3 heterocycles. The molecule has 7 aromatic rings. The van der Waals surface area contributed by atoms with Gasteiger partial charge in [0, 0.05) is 69.2 Å². The van der Waals surface area contributed by atoms with Gasteiger partial charge in [-0.25, -0.2) is 0 Å². The Kier molecular flexibility index (Phi) is 6.36. The average molecular weight is 608 g/mol. The summed E-state index contributed by atoms with van der Waals surface area (Å²) in [4.78, 5) is 2.48. The summed E-state index contributed by atoms with van der Waals surface area (Å²) in [5.74, 6) is 0.345. The zero-order chi connectivity index (χ0) is 31.6. The lowest BCUT2D eigenvalue weighted by molar-refractivity contribution is 0.937. The quantitative estimate of drug-likeness (QED) is 0.182. The molecule has 1 aliphatic carbocycles. The van der Waals surface area contributed by atoms with Crippen LogP contribution in [0.1, 0.15) is 31.7 Å². The molecule has 0 N–H and O–H groups in total. The number of fused-ring (bicyclic) bond motifs is 7. The van der Waals surface area contributed by atoms with Gasteiger partial charge in [0.05, 0.1) is 11.0 Å². The second-order valence-electron chi connectivity index (χ2n) is 13.1. The molecular formula is C44H37N3. The van der Waals surface area contributed by atoms with E-state index in [0.29, 0.717) is 5.92 Å². The molecule has 1 unspecified atom stereocenters. The molecule has 228 valence electrons. The predicted molar refractivity (Wildman–Crippen MR) is 202 cm³/mol. The van der Waals surface area contributed by atoms with E-state index >= 15 is 0 Å². The van der Waals surface area contributed by atoms with Gasteiger partial charge in [-0.3, -0.25) is 0 Å². The van der Waals surface area contributed by atoms with Crippen LogP contribution in [0.4, 0.5) is 11.4 Å². The van der Waals surface area contributed by atoms with E-state index in [1.54, 1.807) is 0 Å². The molecule has 1 atom stereocenters. The zero-order valence-electron chi connectivity index (χ0n) is 27.1. The number of nitrogens with zero attached hydrogens (tertiary/aromatic N) is 3. The van der Waals surface area contributed by atoms with Crippen molar-refractivity contribution < 1.29 is 0 Å². The van der Waals surface area contributed by atoms with E-state index in [1.807, 2.05) is 0 Å². The average Bonchev–Trinajstić information content (AvgIpc) is 3.56. The second-order valence-corrected chi connectivity index (χ2v) is 13.1. The number of allylic oxidation sites excluding steroid dienone is 7. The summed E-state index contributed by atoms with van der Waals surface area (Å²) in [5, 5.41) is 5.14. The first-order chi connectivity index (χ1) is 23.1. The van der Waals surface area contributed by atoms with Gasteiger partial charge >= 0.3 is 0 Å². The summed E-state index contributed by atoms with van der Waals surface area (Å²) in [6.45, 7) is 5.34. The molecule has 0 amide bonds. The molecule has 1 aliphatic heterocycles. The summed E-state index contributed by atoms with van der Waals surface area (Å²) in [5.41, 5.74) is 13.9. The van der Waals surface area contributed by atoms with Gasteiger partial charge in [-0.2, -0.15) is 0 Å². The Morgan fingerprint density at radius 3 is 2.19 bits per heavy atom. The molecule has 0 saturated carbocycles. The molecule has 0 fully saturated rings. The highest BCUT2D eigenvalue weighted by Gasteiger charge is 2.22. The minimum atomic E-state index is 0.345. The van der Waals surface area contributed by atoms with Crippen LogP contribution >= 0.6 is 0 Å². The highest BCUT2D eigenvalue weighted by atomic mass is 15.1. The van der Waals surface area contributed by atoms with Crippen molar-refractivity contribution in [2.45, 2.75) is 26.2 Å². The Bertz CT molecular complexity index is 2500. The number of para-hydroxylation sites is 1. The molecule has 0 spiro atoms. The van der Waals surface area contributed by atoms with Gasteiger partial charge in [-0.15, -0.1) is 0 Å². The Balaban J connectivity index is 1.28. The summed E-state index contributed by atoms with van der Waals surface area (Å²) >= 11 is 0. The fourth-order valence-corrected chi connectivity index (χ4v) is 7.72. The van der Waals surface area contributed by atoms with Crippen LogP contribution in [0.2, 0.25) is 0 Å². The van der Waals surface area contributed by atoms with E-state index in [0.717, 1.165) is 13.0 Å². The molecule has 2 aliphatic rings. The predicted octanol–water partition coefficient (Wildman–Crippen LogP) is 11.7. The van der Waals surface area contributed by atoms with Crippen molar-refractivity contribution >= 4 is 60.7 Å². The highest BCUT2D eigenvalue weighted by molar-refractivity contribution is 6.20. The summed E-state index contributed by atoms with van der Waals surface area (Å²) in [7, 11) is 2.21. The first-order valence-corrected chi connectivity index (χ1v) is 16.7. The minimum absolute atomic E-state index is 0.345. The van der Waals surface area contributed by atoms with Gasteiger partial charge in [0.25, 0.3) is 0 Å². The normalized spacial score (nSPS) is 17.9. The van der Waals surface area contributed by atoms with Crippen LogP contribution in [0.25, 0.3) is 60.4 Å². The Morgan fingerprint density at radius 1 is 0.617 bits per heavy atom. The van der Waals surface area contributed by atoms with Crippen LogP contribution in [-0.2, 0) is 7.05 Å². The minimum Gasteiger partial charge on any atom is -0.344 e. The third-order valence-electron chi connectivity index (χ3n) is 10.3. The first-order valence-electron chi connectivity index (χ1n) is 16.7. The molecule has 3 nitrogen and oxygen atoms in total. The van der Waals surface area contributed by atoms with E-state index in [9.17, 15) is 0 Å². The number of benzene rings is 5. The smallest absolute Gasteiger partial charge is 0.0548 e. The Labute approximate surface area is 275 Å². The molecule has 0 saturated heterocycles. The van der Waals surface area contributed by atoms with E-state index in [4.69, 9.17) is 0 Å². The maximum absolute atomic E-state index is 2.48. The van der Waals surface area contributed by atoms with Gasteiger partial charge in [0.1, 0.15) is 0 Å². The molecule has 2 aromatic heterocycles. The van der Waals surface area contributed by atoms with Gasteiger partial charge in [-0.05, 0) is 90.2 Å². The second kappa shape index (κ2) is 10.8. The van der Waals surface area contributed by atoms with Crippen molar-refractivity contribution in [2.75, 3.05) is 11.4 Å². The molecule has 5 aromatic carbocycles. The maximum atomic E-state index is 2.48. The van der Waals surface area contributed by atoms with Crippen LogP contribution in [0.15, 0.2) is 145 Å². The van der Waals surface area contributed by atoms with Crippen molar-refractivity contribution in [3.8, 4) is 11.1 Å².